The summed E-state index contributed by atoms with van der Waals surface area (Å²) < 4.78 is 23.7. The first kappa shape index (κ1) is 13.2. The Hall–Kier alpha value is -1.86. The van der Waals surface area contributed by atoms with Crippen LogP contribution in [0.15, 0.2) is 24.3 Å². The van der Waals surface area contributed by atoms with E-state index in [1.165, 1.54) is 18.2 Å². The third kappa shape index (κ3) is 4.66. The maximum absolute atomic E-state index is 10.8. The summed E-state index contributed by atoms with van der Waals surface area (Å²) in [4.78, 5) is 10.4. The van der Waals surface area contributed by atoms with Crippen LogP contribution in [0.2, 0.25) is 0 Å². The first-order valence-corrected chi connectivity index (χ1v) is 6.15. The van der Waals surface area contributed by atoms with E-state index in [9.17, 15) is 13.2 Å². The van der Waals surface area contributed by atoms with Gasteiger partial charge in [0.1, 0.15) is 0 Å². The second kappa shape index (κ2) is 4.98. The number of carboxylic acid groups (broad SMARTS) is 1. The van der Waals surface area contributed by atoms with E-state index < -0.39 is 16.2 Å². The lowest BCUT2D eigenvalue weighted by molar-refractivity contribution is -0.131. The van der Waals surface area contributed by atoms with Gasteiger partial charge in [0.05, 0.1) is 5.69 Å². The molecule has 1 aromatic rings. The smallest absolute Gasteiger partial charge is 0.328 e. The Morgan fingerprint density at radius 2 is 2.12 bits per heavy atom. The van der Waals surface area contributed by atoms with Gasteiger partial charge >= 0.3 is 5.97 Å². The number of hydrogen-bond acceptors (Lipinski definition) is 3. The summed E-state index contributed by atoms with van der Waals surface area (Å²) in [7, 11) is -3.83. The molecule has 0 saturated carbocycles. The van der Waals surface area contributed by atoms with Crippen LogP contribution in [-0.4, -0.2) is 19.5 Å². The summed E-state index contributed by atoms with van der Waals surface area (Å²) in [6.07, 6.45) is 2.36. The molecule has 0 aliphatic carbocycles. The van der Waals surface area contributed by atoms with Gasteiger partial charge in [-0.15, -0.1) is 0 Å². The minimum absolute atomic E-state index is 0.281. The third-order valence-electron chi connectivity index (χ3n) is 1.94. The van der Waals surface area contributed by atoms with E-state index in [1.807, 2.05) is 0 Å². The first-order valence-electron chi connectivity index (χ1n) is 4.60. The number of rotatable bonds is 4. The number of benzene rings is 1. The van der Waals surface area contributed by atoms with E-state index in [-0.39, 0.29) is 5.69 Å². The summed E-state index contributed by atoms with van der Waals surface area (Å²) in [6.45, 7) is 1.78. The van der Waals surface area contributed by atoms with Gasteiger partial charge in [0.15, 0.2) is 0 Å². The Morgan fingerprint density at radius 3 is 2.65 bits per heavy atom. The summed E-state index contributed by atoms with van der Waals surface area (Å²) in [5.74, 6) is -1.07. The lowest BCUT2D eigenvalue weighted by Crippen LogP contribution is -2.21. The highest BCUT2D eigenvalue weighted by atomic mass is 32.2. The molecule has 0 aliphatic rings. The standard InChI is InChI=1S/C10H12N2O4S/c1-7-2-4-9(12-17(11,15)16)6-8(7)3-5-10(13)14/h2-6,12H,1H3,(H,13,14)(H2,11,15,16)/b5-3+. The molecule has 6 nitrogen and oxygen atoms in total. The number of aryl methyl sites for hydroxylation is 1. The summed E-state index contributed by atoms with van der Waals surface area (Å²) in [5.41, 5.74) is 1.70. The van der Waals surface area contributed by atoms with Gasteiger partial charge in [-0.3, -0.25) is 4.72 Å². The normalized spacial score (nSPS) is 11.6. The largest absolute Gasteiger partial charge is 0.478 e. The predicted molar refractivity (Wildman–Crippen MR) is 64.6 cm³/mol. The molecule has 4 N–H and O–H groups in total. The number of nitrogens with two attached hydrogens (primary N) is 1. The van der Waals surface area contributed by atoms with Crippen LogP contribution in [0, 0.1) is 6.92 Å². The quantitative estimate of drug-likeness (QED) is 0.689. The van der Waals surface area contributed by atoms with Gasteiger partial charge in [0, 0.05) is 6.08 Å². The summed E-state index contributed by atoms with van der Waals surface area (Å²) >= 11 is 0. The second-order valence-corrected chi connectivity index (χ2v) is 4.68. The average Bonchev–Trinajstić information content (AvgIpc) is 2.16. The van der Waals surface area contributed by atoms with Crippen LogP contribution < -0.4 is 9.86 Å². The molecule has 7 heteroatoms. The molecule has 0 fully saturated rings. The van der Waals surface area contributed by atoms with Crippen molar-refractivity contribution in [2.24, 2.45) is 5.14 Å². The van der Waals surface area contributed by atoms with Crippen molar-refractivity contribution in [2.75, 3.05) is 4.72 Å². The van der Waals surface area contributed by atoms with Crippen LogP contribution in [0.5, 0.6) is 0 Å². The van der Waals surface area contributed by atoms with Crippen molar-refractivity contribution in [1.82, 2.24) is 0 Å². The molecular weight excluding hydrogens is 244 g/mol. The molecule has 0 aromatic heterocycles. The van der Waals surface area contributed by atoms with Gasteiger partial charge < -0.3 is 5.11 Å². The fourth-order valence-corrected chi connectivity index (χ4v) is 1.66. The monoisotopic (exact) mass is 256 g/mol. The Bertz CT molecular complexity index is 564. The number of aliphatic carboxylic acids is 1. The van der Waals surface area contributed by atoms with Crippen molar-refractivity contribution >= 4 is 27.9 Å². The van der Waals surface area contributed by atoms with Crippen LogP contribution in [0.3, 0.4) is 0 Å². The molecule has 0 unspecified atom stereocenters. The SMILES string of the molecule is Cc1ccc(NS(N)(=O)=O)cc1/C=C/C(=O)O. The highest BCUT2D eigenvalue weighted by molar-refractivity contribution is 7.90. The van der Waals surface area contributed by atoms with Crippen LogP contribution in [-0.2, 0) is 15.0 Å². The lowest BCUT2D eigenvalue weighted by Gasteiger charge is -2.06. The van der Waals surface area contributed by atoms with Crippen LogP contribution in [0.4, 0.5) is 5.69 Å². The van der Waals surface area contributed by atoms with Crippen molar-refractivity contribution in [2.45, 2.75) is 6.92 Å². The molecule has 0 radical (unpaired) electrons. The zero-order valence-electron chi connectivity index (χ0n) is 9.04. The molecule has 0 saturated heterocycles. The first-order chi connectivity index (χ1) is 7.78. The highest BCUT2D eigenvalue weighted by Crippen LogP contribution is 2.17. The fourth-order valence-electron chi connectivity index (χ4n) is 1.21. The minimum Gasteiger partial charge on any atom is -0.478 e. The zero-order chi connectivity index (χ0) is 13.1. The fraction of sp³-hybridized carbons (Fsp3) is 0.100. The van der Waals surface area contributed by atoms with Gasteiger partial charge in [-0.2, -0.15) is 8.42 Å². The van der Waals surface area contributed by atoms with Crippen molar-refractivity contribution in [3.8, 4) is 0 Å². The number of nitrogens with one attached hydrogen (secondary N) is 1. The van der Waals surface area contributed by atoms with Crippen molar-refractivity contribution in [3.05, 3.63) is 35.4 Å². The van der Waals surface area contributed by atoms with E-state index in [0.717, 1.165) is 11.6 Å². The van der Waals surface area contributed by atoms with Crippen molar-refractivity contribution in [1.29, 1.82) is 0 Å². The molecule has 92 valence electrons. The number of hydrogen-bond donors (Lipinski definition) is 3. The van der Waals surface area contributed by atoms with Gasteiger partial charge in [-0.1, -0.05) is 6.07 Å². The van der Waals surface area contributed by atoms with E-state index in [0.29, 0.717) is 5.56 Å². The molecular formula is C10H12N2O4S. The molecule has 0 amide bonds. The second-order valence-electron chi connectivity index (χ2n) is 3.39. The van der Waals surface area contributed by atoms with Gasteiger partial charge in [-0.25, -0.2) is 9.93 Å². The maximum atomic E-state index is 10.8. The van der Waals surface area contributed by atoms with Gasteiger partial charge in [0.25, 0.3) is 10.2 Å². The summed E-state index contributed by atoms with van der Waals surface area (Å²) in [6, 6.07) is 4.70. The van der Waals surface area contributed by atoms with E-state index in [1.54, 1.807) is 13.0 Å². The Balaban J connectivity index is 3.06. The average molecular weight is 256 g/mol. The zero-order valence-corrected chi connectivity index (χ0v) is 9.86. The number of carboxylic acids is 1. The van der Waals surface area contributed by atoms with Gasteiger partial charge in [0.2, 0.25) is 0 Å². The van der Waals surface area contributed by atoms with Gasteiger partial charge in [-0.05, 0) is 36.3 Å². The summed E-state index contributed by atoms with van der Waals surface area (Å²) in [5, 5.41) is 13.3. The lowest BCUT2D eigenvalue weighted by atomic mass is 10.1. The van der Waals surface area contributed by atoms with Crippen molar-refractivity contribution in [3.63, 3.8) is 0 Å². The highest BCUT2D eigenvalue weighted by Gasteiger charge is 2.04. The van der Waals surface area contributed by atoms with Crippen LogP contribution >= 0.6 is 0 Å². The third-order valence-corrected chi connectivity index (χ3v) is 2.47. The molecule has 0 bridgehead atoms. The van der Waals surface area contributed by atoms with E-state index >= 15 is 0 Å². The Kier molecular flexibility index (Phi) is 3.87. The minimum atomic E-state index is -3.83. The van der Waals surface area contributed by atoms with Crippen LogP contribution in [0.1, 0.15) is 11.1 Å². The topological polar surface area (TPSA) is 109 Å². The molecule has 0 atom stereocenters. The number of anilines is 1. The molecule has 0 spiro atoms. The molecule has 0 aliphatic heterocycles. The molecule has 17 heavy (non-hydrogen) atoms. The molecule has 1 aromatic carbocycles. The number of carbonyl (C=O) groups is 1. The molecule has 1 rings (SSSR count). The van der Waals surface area contributed by atoms with E-state index in [4.69, 9.17) is 10.2 Å². The Labute approximate surface area is 98.9 Å². The Morgan fingerprint density at radius 1 is 1.47 bits per heavy atom. The van der Waals surface area contributed by atoms with Crippen LogP contribution in [0.25, 0.3) is 6.08 Å². The predicted octanol–water partition coefficient (Wildman–Crippen LogP) is 0.708. The van der Waals surface area contributed by atoms with Crippen molar-refractivity contribution < 1.29 is 18.3 Å². The maximum Gasteiger partial charge on any atom is 0.328 e. The van der Waals surface area contributed by atoms with E-state index in [2.05, 4.69) is 4.72 Å². The molecule has 0 heterocycles.